The molecule has 0 saturated carbocycles. The molecule has 1 N–H and O–H groups in total. The summed E-state index contributed by atoms with van der Waals surface area (Å²) < 4.78 is 2.23. The minimum absolute atomic E-state index is 0.385. The van der Waals surface area contributed by atoms with Gasteiger partial charge in [-0.25, -0.2) is 4.31 Å². The smallest absolute Gasteiger partial charge is 0.134 e. The van der Waals surface area contributed by atoms with Crippen molar-refractivity contribution in [2.75, 3.05) is 19.0 Å². The molecule has 0 bridgehead atoms. The van der Waals surface area contributed by atoms with Crippen LogP contribution in [0.15, 0.2) is 0 Å². The highest BCUT2D eigenvalue weighted by molar-refractivity contribution is 7.96. The Morgan fingerprint density at radius 1 is 1.27 bits per heavy atom. The van der Waals surface area contributed by atoms with Crippen LogP contribution in [0, 0.1) is 0 Å². The van der Waals surface area contributed by atoms with E-state index in [-0.39, 0.29) is 0 Å². The molecule has 0 unspecified atom stereocenters. The lowest BCUT2D eigenvalue weighted by molar-refractivity contribution is -0.250. The Hall–Kier alpha value is -0.420. The van der Waals surface area contributed by atoms with E-state index in [2.05, 4.69) is 23.5 Å². The molecule has 0 aromatic heterocycles. The molecule has 0 fully saturated rings. The number of rotatable bonds is 9. The second-order valence-electron chi connectivity index (χ2n) is 3.37. The topological polar surface area (TPSA) is 55.4 Å². The van der Waals surface area contributed by atoms with Crippen molar-refractivity contribution in [2.24, 2.45) is 0 Å². The first-order valence-electron chi connectivity index (χ1n) is 5.53. The van der Waals surface area contributed by atoms with Crippen molar-refractivity contribution in [2.45, 2.75) is 39.5 Å². The summed E-state index contributed by atoms with van der Waals surface area (Å²) in [6, 6.07) is 0. The minimum Gasteiger partial charge on any atom is -0.530 e. The van der Waals surface area contributed by atoms with Crippen LogP contribution in [0.5, 0.6) is 0 Å². The molecule has 0 aliphatic rings. The van der Waals surface area contributed by atoms with E-state index in [0.29, 0.717) is 5.88 Å². The van der Waals surface area contributed by atoms with E-state index in [4.69, 9.17) is 0 Å². The lowest BCUT2D eigenvalue weighted by atomic mass is 10.3. The van der Waals surface area contributed by atoms with Crippen LogP contribution in [0.4, 0.5) is 4.79 Å². The van der Waals surface area contributed by atoms with Gasteiger partial charge in [0, 0.05) is 13.1 Å². The van der Waals surface area contributed by atoms with Gasteiger partial charge in [0.2, 0.25) is 0 Å². The second kappa shape index (κ2) is 10.1. The number of hydrogen-bond acceptors (Lipinski definition) is 4. The Kier molecular flexibility index (Phi) is 9.83. The van der Waals surface area contributed by atoms with Gasteiger partial charge in [0.1, 0.15) is 6.09 Å². The van der Waals surface area contributed by atoms with Crippen molar-refractivity contribution >= 4 is 18.0 Å². The molecule has 0 atom stereocenters. The Morgan fingerprint density at radius 3 is 2.20 bits per heavy atom. The van der Waals surface area contributed by atoms with Crippen molar-refractivity contribution in [3.8, 4) is 0 Å². The molecule has 4 nitrogen and oxygen atoms in total. The van der Waals surface area contributed by atoms with Crippen LogP contribution < -0.4 is 10.4 Å². The van der Waals surface area contributed by atoms with E-state index in [1.165, 1.54) is 11.9 Å². The van der Waals surface area contributed by atoms with E-state index in [0.717, 1.165) is 38.8 Å². The van der Waals surface area contributed by atoms with Crippen molar-refractivity contribution < 1.29 is 9.90 Å². The SMILES string of the molecule is CCCCN(CCCC)SCNC(=O)[O-]. The van der Waals surface area contributed by atoms with Crippen LogP contribution >= 0.6 is 11.9 Å². The number of amides is 1. The van der Waals surface area contributed by atoms with Gasteiger partial charge in [-0.05, 0) is 12.8 Å². The largest absolute Gasteiger partial charge is 0.530 e. The number of hydrogen-bond donors (Lipinski definition) is 1. The summed E-state index contributed by atoms with van der Waals surface area (Å²) in [5.74, 6) is 0.385. The van der Waals surface area contributed by atoms with Crippen LogP contribution in [0.3, 0.4) is 0 Å². The number of carbonyl (C=O) groups is 1. The molecular weight excluding hydrogens is 212 g/mol. The zero-order valence-corrected chi connectivity index (χ0v) is 10.4. The molecule has 15 heavy (non-hydrogen) atoms. The fourth-order valence-electron chi connectivity index (χ4n) is 1.09. The Morgan fingerprint density at radius 2 is 1.80 bits per heavy atom. The number of nitrogens with one attached hydrogen (secondary N) is 1. The standard InChI is InChI=1S/C10H22N2O2S/c1-3-5-7-12(8-6-4-2)15-9-11-10(13)14/h11H,3-9H2,1-2H3,(H,13,14)/p-1. The highest BCUT2D eigenvalue weighted by Gasteiger charge is 2.03. The summed E-state index contributed by atoms with van der Waals surface area (Å²) in [6.45, 7) is 6.36. The fourth-order valence-corrected chi connectivity index (χ4v) is 1.97. The third-order valence-corrected chi connectivity index (χ3v) is 2.99. The summed E-state index contributed by atoms with van der Waals surface area (Å²) in [7, 11) is 0. The third-order valence-electron chi connectivity index (χ3n) is 1.99. The lowest BCUT2D eigenvalue weighted by Crippen LogP contribution is -2.37. The van der Waals surface area contributed by atoms with E-state index in [9.17, 15) is 9.90 Å². The molecule has 0 aliphatic heterocycles. The molecule has 0 heterocycles. The van der Waals surface area contributed by atoms with E-state index < -0.39 is 6.09 Å². The minimum atomic E-state index is -1.20. The van der Waals surface area contributed by atoms with Crippen LogP contribution in [0.25, 0.3) is 0 Å². The fraction of sp³-hybridized carbons (Fsp3) is 0.900. The molecule has 0 aliphatic carbocycles. The average Bonchev–Trinajstić information content (AvgIpc) is 2.20. The molecule has 0 rings (SSSR count). The second-order valence-corrected chi connectivity index (χ2v) is 4.44. The highest BCUT2D eigenvalue weighted by Crippen LogP contribution is 2.11. The van der Waals surface area contributed by atoms with Gasteiger partial charge in [0.15, 0.2) is 0 Å². The molecule has 90 valence electrons. The van der Waals surface area contributed by atoms with Crippen LogP contribution in [-0.4, -0.2) is 29.4 Å². The molecule has 0 radical (unpaired) electrons. The predicted octanol–water partition coefficient (Wildman–Crippen LogP) is 1.43. The van der Waals surface area contributed by atoms with Gasteiger partial charge in [0.25, 0.3) is 0 Å². The molecule has 0 aromatic carbocycles. The van der Waals surface area contributed by atoms with E-state index in [1.54, 1.807) is 0 Å². The zero-order chi connectivity index (χ0) is 11.5. The monoisotopic (exact) mass is 233 g/mol. The first-order chi connectivity index (χ1) is 7.20. The zero-order valence-electron chi connectivity index (χ0n) is 9.62. The normalized spacial score (nSPS) is 10.6. The average molecular weight is 233 g/mol. The molecule has 0 saturated heterocycles. The maximum atomic E-state index is 10.2. The molecule has 5 heteroatoms. The highest BCUT2D eigenvalue weighted by atomic mass is 32.2. The van der Waals surface area contributed by atoms with Gasteiger partial charge in [-0.3, -0.25) is 0 Å². The Labute approximate surface area is 96.5 Å². The van der Waals surface area contributed by atoms with Crippen molar-refractivity contribution in [3.05, 3.63) is 0 Å². The van der Waals surface area contributed by atoms with E-state index in [1.807, 2.05) is 0 Å². The van der Waals surface area contributed by atoms with Gasteiger partial charge in [-0.15, -0.1) is 0 Å². The van der Waals surface area contributed by atoms with Crippen LogP contribution in [0.2, 0.25) is 0 Å². The van der Waals surface area contributed by atoms with Gasteiger partial charge < -0.3 is 15.2 Å². The van der Waals surface area contributed by atoms with Crippen molar-refractivity contribution in [3.63, 3.8) is 0 Å². The predicted molar refractivity (Wildman–Crippen MR) is 62.4 cm³/mol. The van der Waals surface area contributed by atoms with Gasteiger partial charge in [0.05, 0.1) is 5.88 Å². The number of nitrogens with zero attached hydrogens (tertiary/aromatic N) is 1. The van der Waals surface area contributed by atoms with Crippen molar-refractivity contribution in [1.82, 2.24) is 9.62 Å². The van der Waals surface area contributed by atoms with Gasteiger partial charge >= 0.3 is 0 Å². The van der Waals surface area contributed by atoms with Gasteiger partial charge in [-0.2, -0.15) is 0 Å². The lowest BCUT2D eigenvalue weighted by Gasteiger charge is -2.21. The maximum Gasteiger partial charge on any atom is 0.134 e. The first kappa shape index (κ1) is 14.6. The summed E-state index contributed by atoms with van der Waals surface area (Å²) in [4.78, 5) is 10.2. The maximum absolute atomic E-state index is 10.2. The Balaban J connectivity index is 3.63. The Bertz CT molecular complexity index is 160. The molecule has 1 amide bonds. The third kappa shape index (κ3) is 9.87. The molecular formula is C10H21N2O2S-. The quantitative estimate of drug-likeness (QED) is 0.483. The summed E-state index contributed by atoms with van der Waals surface area (Å²) in [5, 5.41) is 12.4. The number of carbonyl (C=O) groups excluding carboxylic acids is 1. The molecule has 0 spiro atoms. The molecule has 0 aromatic rings. The van der Waals surface area contributed by atoms with Crippen LogP contribution in [0.1, 0.15) is 39.5 Å². The van der Waals surface area contributed by atoms with E-state index >= 15 is 0 Å². The summed E-state index contributed by atoms with van der Waals surface area (Å²) in [6.07, 6.45) is 3.44. The number of unbranched alkanes of at least 4 members (excludes halogenated alkanes) is 2. The van der Waals surface area contributed by atoms with Gasteiger partial charge in [-0.1, -0.05) is 38.6 Å². The van der Waals surface area contributed by atoms with Crippen molar-refractivity contribution in [1.29, 1.82) is 0 Å². The summed E-state index contributed by atoms with van der Waals surface area (Å²) >= 11 is 1.53. The summed E-state index contributed by atoms with van der Waals surface area (Å²) in [5.41, 5.74) is 0. The first-order valence-corrected chi connectivity index (χ1v) is 6.47. The number of carboxylic acid groups (broad SMARTS) is 1. The van der Waals surface area contributed by atoms with Crippen LogP contribution in [-0.2, 0) is 0 Å².